The van der Waals surface area contributed by atoms with Gasteiger partial charge in [0, 0.05) is 38.9 Å². The molecular weight excluding hydrogens is 218 g/mol. The first-order chi connectivity index (χ1) is 8.24. The van der Waals surface area contributed by atoms with Gasteiger partial charge in [0.1, 0.15) is 0 Å². The van der Waals surface area contributed by atoms with Gasteiger partial charge in [-0.1, -0.05) is 6.92 Å². The van der Waals surface area contributed by atoms with Crippen LogP contribution in [-0.2, 0) is 9.53 Å². The van der Waals surface area contributed by atoms with Gasteiger partial charge in [-0.2, -0.15) is 0 Å². The van der Waals surface area contributed by atoms with Crippen molar-refractivity contribution in [1.29, 1.82) is 0 Å². The van der Waals surface area contributed by atoms with Crippen LogP contribution >= 0.6 is 0 Å². The van der Waals surface area contributed by atoms with E-state index in [1.165, 1.54) is 0 Å². The van der Waals surface area contributed by atoms with Crippen LogP contribution in [-0.4, -0.2) is 50.8 Å². The summed E-state index contributed by atoms with van der Waals surface area (Å²) in [6.07, 6.45) is 1.92. The van der Waals surface area contributed by atoms with Crippen LogP contribution in [0, 0.1) is 0 Å². The molecule has 0 aromatic heterocycles. The third-order valence-electron chi connectivity index (χ3n) is 2.77. The Morgan fingerprint density at radius 1 is 1.35 bits per heavy atom. The molecule has 0 radical (unpaired) electrons. The number of amides is 1. The number of carbonyl (C=O) groups is 1. The number of ether oxygens (including phenoxy) is 1. The van der Waals surface area contributed by atoms with Crippen molar-refractivity contribution >= 4 is 5.91 Å². The highest BCUT2D eigenvalue weighted by Gasteiger charge is 2.22. The third kappa shape index (κ3) is 6.00. The molecule has 0 aliphatic carbocycles. The van der Waals surface area contributed by atoms with Crippen LogP contribution in [0.15, 0.2) is 0 Å². The van der Waals surface area contributed by atoms with Gasteiger partial charge in [-0.3, -0.25) is 4.79 Å². The molecule has 2 atom stereocenters. The highest BCUT2D eigenvalue weighted by Crippen LogP contribution is 1.93. The van der Waals surface area contributed by atoms with E-state index in [9.17, 15) is 4.79 Å². The second-order valence-corrected chi connectivity index (χ2v) is 4.53. The van der Waals surface area contributed by atoms with E-state index >= 15 is 0 Å². The molecule has 0 aromatic rings. The Labute approximate surface area is 104 Å². The van der Waals surface area contributed by atoms with Crippen LogP contribution in [0.2, 0.25) is 0 Å². The van der Waals surface area contributed by atoms with E-state index in [1.54, 1.807) is 0 Å². The quantitative estimate of drug-likeness (QED) is 0.545. The topological polar surface area (TPSA) is 62.4 Å². The predicted molar refractivity (Wildman–Crippen MR) is 68.0 cm³/mol. The van der Waals surface area contributed by atoms with Crippen molar-refractivity contribution in [3.8, 4) is 0 Å². The van der Waals surface area contributed by atoms with Crippen molar-refractivity contribution in [1.82, 2.24) is 16.0 Å². The van der Waals surface area contributed by atoms with E-state index in [2.05, 4.69) is 29.8 Å². The lowest BCUT2D eigenvalue weighted by Gasteiger charge is -2.28. The number of hydrogen-bond donors (Lipinski definition) is 3. The number of nitrogens with one attached hydrogen (secondary N) is 3. The largest absolute Gasteiger partial charge is 0.381 e. The maximum absolute atomic E-state index is 11.7. The van der Waals surface area contributed by atoms with Gasteiger partial charge < -0.3 is 20.7 Å². The molecule has 1 amide bonds. The highest BCUT2D eigenvalue weighted by atomic mass is 16.5. The van der Waals surface area contributed by atoms with Gasteiger partial charge >= 0.3 is 0 Å². The van der Waals surface area contributed by atoms with Crippen molar-refractivity contribution in [2.45, 2.75) is 38.8 Å². The van der Waals surface area contributed by atoms with Gasteiger partial charge in [0.05, 0.1) is 6.04 Å². The van der Waals surface area contributed by atoms with E-state index in [-0.39, 0.29) is 11.9 Å². The third-order valence-corrected chi connectivity index (χ3v) is 2.77. The summed E-state index contributed by atoms with van der Waals surface area (Å²) in [7, 11) is 0. The summed E-state index contributed by atoms with van der Waals surface area (Å²) in [5.41, 5.74) is 0. The van der Waals surface area contributed by atoms with Crippen molar-refractivity contribution < 1.29 is 9.53 Å². The van der Waals surface area contributed by atoms with Crippen LogP contribution in [0.3, 0.4) is 0 Å². The Balaban J connectivity index is 2.01. The molecule has 17 heavy (non-hydrogen) atoms. The molecule has 5 nitrogen and oxygen atoms in total. The molecule has 100 valence electrons. The molecule has 0 spiro atoms. The molecule has 1 fully saturated rings. The van der Waals surface area contributed by atoms with Gasteiger partial charge in [0.2, 0.25) is 5.91 Å². The zero-order valence-electron chi connectivity index (χ0n) is 10.9. The van der Waals surface area contributed by atoms with Crippen LogP contribution in [0.25, 0.3) is 0 Å². The zero-order valence-corrected chi connectivity index (χ0v) is 10.9. The standard InChI is InChI=1S/C12H25N3O2/c1-3-6-17-7-4-5-13-12(16)11-9-14-10(2)8-15-11/h10-11,14-15H,3-9H2,1-2H3,(H,13,16). The highest BCUT2D eigenvalue weighted by molar-refractivity contribution is 5.82. The molecule has 1 rings (SSSR count). The number of hydrogen-bond acceptors (Lipinski definition) is 4. The summed E-state index contributed by atoms with van der Waals surface area (Å²) in [6, 6.07) is 0.351. The van der Waals surface area contributed by atoms with Gasteiger partial charge in [0.25, 0.3) is 0 Å². The Morgan fingerprint density at radius 2 is 2.18 bits per heavy atom. The molecule has 1 saturated heterocycles. The van der Waals surface area contributed by atoms with Gasteiger partial charge in [0.15, 0.2) is 0 Å². The fourth-order valence-electron chi connectivity index (χ4n) is 1.72. The Kier molecular flexibility index (Phi) is 7.16. The van der Waals surface area contributed by atoms with Gasteiger partial charge in [-0.05, 0) is 19.8 Å². The lowest BCUT2D eigenvalue weighted by molar-refractivity contribution is -0.123. The number of rotatable bonds is 7. The monoisotopic (exact) mass is 243 g/mol. The van der Waals surface area contributed by atoms with Crippen LogP contribution < -0.4 is 16.0 Å². The molecule has 5 heteroatoms. The SMILES string of the molecule is CCCOCCCNC(=O)C1CNC(C)CN1. The Hall–Kier alpha value is -0.650. The smallest absolute Gasteiger partial charge is 0.238 e. The van der Waals surface area contributed by atoms with E-state index < -0.39 is 0 Å². The van der Waals surface area contributed by atoms with E-state index in [4.69, 9.17) is 4.74 Å². The summed E-state index contributed by atoms with van der Waals surface area (Å²) in [4.78, 5) is 11.7. The fraction of sp³-hybridized carbons (Fsp3) is 0.917. The first-order valence-corrected chi connectivity index (χ1v) is 6.56. The van der Waals surface area contributed by atoms with Crippen LogP contribution in [0.4, 0.5) is 0 Å². The average Bonchev–Trinajstić information content (AvgIpc) is 2.34. The average molecular weight is 243 g/mol. The second-order valence-electron chi connectivity index (χ2n) is 4.53. The van der Waals surface area contributed by atoms with Gasteiger partial charge in [-0.25, -0.2) is 0 Å². The minimum Gasteiger partial charge on any atom is -0.381 e. The molecule has 0 saturated carbocycles. The predicted octanol–water partition coefficient (Wildman–Crippen LogP) is -0.131. The summed E-state index contributed by atoms with van der Waals surface area (Å²) >= 11 is 0. The fourth-order valence-corrected chi connectivity index (χ4v) is 1.72. The van der Waals surface area contributed by atoms with E-state index in [0.29, 0.717) is 19.1 Å². The minimum atomic E-state index is -0.0947. The second kappa shape index (κ2) is 8.44. The Bertz CT molecular complexity index is 216. The van der Waals surface area contributed by atoms with E-state index in [0.717, 1.165) is 32.6 Å². The minimum absolute atomic E-state index is 0.0832. The Morgan fingerprint density at radius 3 is 2.82 bits per heavy atom. The molecule has 2 unspecified atom stereocenters. The molecule has 3 N–H and O–H groups in total. The van der Waals surface area contributed by atoms with Crippen LogP contribution in [0.5, 0.6) is 0 Å². The van der Waals surface area contributed by atoms with E-state index in [1.807, 2.05) is 0 Å². The van der Waals surface area contributed by atoms with Crippen molar-refractivity contribution in [3.05, 3.63) is 0 Å². The maximum atomic E-state index is 11.7. The molecule has 1 aliphatic rings. The molecule has 1 heterocycles. The first kappa shape index (κ1) is 14.4. The number of piperazine rings is 1. The van der Waals surface area contributed by atoms with Crippen LogP contribution in [0.1, 0.15) is 26.7 Å². The molecule has 0 bridgehead atoms. The molecule has 0 aromatic carbocycles. The lowest BCUT2D eigenvalue weighted by atomic mass is 10.1. The maximum Gasteiger partial charge on any atom is 0.238 e. The van der Waals surface area contributed by atoms with Gasteiger partial charge in [-0.15, -0.1) is 0 Å². The lowest BCUT2D eigenvalue weighted by Crippen LogP contribution is -2.58. The normalized spacial score (nSPS) is 24.6. The summed E-state index contributed by atoms with van der Waals surface area (Å²) < 4.78 is 5.34. The summed E-state index contributed by atoms with van der Waals surface area (Å²) in [6.45, 7) is 7.96. The molecular formula is C12H25N3O2. The van der Waals surface area contributed by atoms with Crippen molar-refractivity contribution in [2.24, 2.45) is 0 Å². The summed E-state index contributed by atoms with van der Waals surface area (Å²) in [5, 5.41) is 9.43. The van der Waals surface area contributed by atoms with Crippen molar-refractivity contribution in [3.63, 3.8) is 0 Å². The molecule has 1 aliphatic heterocycles. The van der Waals surface area contributed by atoms with Crippen molar-refractivity contribution in [2.75, 3.05) is 32.8 Å². The first-order valence-electron chi connectivity index (χ1n) is 6.56. The zero-order chi connectivity index (χ0) is 12.5. The summed E-state index contributed by atoms with van der Waals surface area (Å²) in [5.74, 6) is 0.0832. The number of carbonyl (C=O) groups excluding carboxylic acids is 1.